The Bertz CT molecular complexity index is 651. The molecule has 2 aromatic carbocycles. The predicted molar refractivity (Wildman–Crippen MR) is 89.4 cm³/mol. The van der Waals surface area contributed by atoms with Gasteiger partial charge in [-0.05, 0) is 42.2 Å². The van der Waals surface area contributed by atoms with E-state index >= 15 is 0 Å². The fraction of sp³-hybridized carbons (Fsp3) is 0.316. The van der Waals surface area contributed by atoms with E-state index in [4.69, 9.17) is 0 Å². The Morgan fingerprint density at radius 3 is 2.14 bits per heavy atom. The molecular weight excluding hydrogens is 258 g/mol. The van der Waals surface area contributed by atoms with Crippen molar-refractivity contribution in [1.82, 2.24) is 0 Å². The zero-order valence-corrected chi connectivity index (χ0v) is 13.4. The number of carbonyl (C=O) groups excluding carboxylic acids is 1. The molecule has 0 fully saturated rings. The molecule has 1 N–H and O–H groups in total. The minimum atomic E-state index is -0.399. The number of anilines is 1. The summed E-state index contributed by atoms with van der Waals surface area (Å²) in [5.74, 6) is 0.0356. The van der Waals surface area contributed by atoms with Gasteiger partial charge in [0.05, 0.1) is 0 Å². The fourth-order valence-corrected chi connectivity index (χ4v) is 2.23. The molecule has 0 saturated carbocycles. The van der Waals surface area contributed by atoms with Gasteiger partial charge in [0.2, 0.25) is 5.91 Å². The maximum atomic E-state index is 12.2. The normalized spacial score (nSPS) is 11.3. The maximum Gasteiger partial charge on any atom is 0.229 e. The molecule has 0 saturated heterocycles. The second-order valence-electron chi connectivity index (χ2n) is 6.55. The van der Waals surface area contributed by atoms with Gasteiger partial charge in [0.1, 0.15) is 0 Å². The van der Waals surface area contributed by atoms with E-state index < -0.39 is 5.41 Å². The molecule has 0 atom stereocenters. The van der Waals surface area contributed by atoms with Crippen molar-refractivity contribution in [3.63, 3.8) is 0 Å². The van der Waals surface area contributed by atoms with Crippen LogP contribution in [0, 0.1) is 19.3 Å². The zero-order valence-electron chi connectivity index (χ0n) is 13.4. The summed E-state index contributed by atoms with van der Waals surface area (Å²) in [6.07, 6.45) is 0. The molecule has 0 aliphatic rings. The molecule has 0 bridgehead atoms. The second kappa shape index (κ2) is 5.72. The lowest BCUT2D eigenvalue weighted by Crippen LogP contribution is -2.28. The van der Waals surface area contributed by atoms with Crippen LogP contribution in [0.5, 0.6) is 0 Å². The molecule has 0 aliphatic carbocycles. The third-order valence-corrected chi connectivity index (χ3v) is 3.59. The van der Waals surface area contributed by atoms with Gasteiger partial charge in [-0.25, -0.2) is 0 Å². The van der Waals surface area contributed by atoms with E-state index in [-0.39, 0.29) is 5.91 Å². The number of aryl methyl sites for hydroxylation is 2. The molecule has 1 amide bonds. The van der Waals surface area contributed by atoms with Crippen LogP contribution >= 0.6 is 0 Å². The SMILES string of the molecule is Cc1cc(C)c(-c2ccccc2)cc1NC(=O)C(C)(C)C. The van der Waals surface area contributed by atoms with Crippen LogP contribution < -0.4 is 5.32 Å². The summed E-state index contributed by atoms with van der Waals surface area (Å²) in [5.41, 5.74) is 5.12. The van der Waals surface area contributed by atoms with Crippen LogP contribution in [0.1, 0.15) is 31.9 Å². The molecule has 0 radical (unpaired) electrons. The van der Waals surface area contributed by atoms with E-state index in [0.717, 1.165) is 16.8 Å². The number of carbonyl (C=O) groups is 1. The Labute approximate surface area is 127 Å². The first kappa shape index (κ1) is 15.3. The van der Waals surface area contributed by atoms with Crippen molar-refractivity contribution in [2.75, 3.05) is 5.32 Å². The summed E-state index contributed by atoms with van der Waals surface area (Å²) in [6.45, 7) is 9.89. The number of hydrogen-bond donors (Lipinski definition) is 1. The largest absolute Gasteiger partial charge is 0.325 e. The van der Waals surface area contributed by atoms with Gasteiger partial charge in [-0.2, -0.15) is 0 Å². The van der Waals surface area contributed by atoms with Gasteiger partial charge in [-0.3, -0.25) is 4.79 Å². The molecule has 0 spiro atoms. The van der Waals surface area contributed by atoms with Gasteiger partial charge in [0, 0.05) is 11.1 Å². The van der Waals surface area contributed by atoms with E-state index in [0.29, 0.717) is 0 Å². The van der Waals surface area contributed by atoms with Crippen molar-refractivity contribution in [2.45, 2.75) is 34.6 Å². The fourth-order valence-electron chi connectivity index (χ4n) is 2.23. The lowest BCUT2D eigenvalue weighted by molar-refractivity contribution is -0.123. The van der Waals surface area contributed by atoms with Crippen molar-refractivity contribution < 1.29 is 4.79 Å². The third-order valence-electron chi connectivity index (χ3n) is 3.59. The Balaban J connectivity index is 2.42. The summed E-state index contributed by atoms with van der Waals surface area (Å²) in [7, 11) is 0. The van der Waals surface area contributed by atoms with Crippen LogP contribution in [0.15, 0.2) is 42.5 Å². The lowest BCUT2D eigenvalue weighted by Gasteiger charge is -2.20. The smallest absolute Gasteiger partial charge is 0.229 e. The van der Waals surface area contributed by atoms with Crippen LogP contribution in [0.4, 0.5) is 5.69 Å². The summed E-state index contributed by atoms with van der Waals surface area (Å²) in [5, 5.41) is 3.05. The molecule has 21 heavy (non-hydrogen) atoms. The van der Waals surface area contributed by atoms with Crippen molar-refractivity contribution in [2.24, 2.45) is 5.41 Å². The van der Waals surface area contributed by atoms with E-state index in [1.165, 1.54) is 11.1 Å². The molecule has 0 aliphatic heterocycles. The number of hydrogen-bond acceptors (Lipinski definition) is 1. The van der Waals surface area contributed by atoms with Gasteiger partial charge in [-0.15, -0.1) is 0 Å². The number of nitrogens with one attached hydrogen (secondary N) is 1. The topological polar surface area (TPSA) is 29.1 Å². The molecule has 0 aromatic heterocycles. The zero-order chi connectivity index (χ0) is 15.6. The highest BCUT2D eigenvalue weighted by Crippen LogP contribution is 2.30. The van der Waals surface area contributed by atoms with Crippen LogP contribution in [0.3, 0.4) is 0 Å². The van der Waals surface area contributed by atoms with Crippen LogP contribution in [-0.2, 0) is 4.79 Å². The van der Waals surface area contributed by atoms with Crippen LogP contribution in [0.2, 0.25) is 0 Å². The molecular formula is C19H23NO. The molecule has 2 nitrogen and oxygen atoms in total. The standard InChI is InChI=1S/C19H23NO/c1-13-11-14(2)17(20-18(21)19(3,4)5)12-16(13)15-9-7-6-8-10-15/h6-12H,1-5H3,(H,20,21). The van der Waals surface area contributed by atoms with Crippen molar-refractivity contribution in [3.8, 4) is 11.1 Å². The molecule has 2 heteroatoms. The average molecular weight is 281 g/mol. The van der Waals surface area contributed by atoms with Crippen molar-refractivity contribution >= 4 is 11.6 Å². The Morgan fingerprint density at radius 1 is 0.952 bits per heavy atom. The van der Waals surface area contributed by atoms with Gasteiger partial charge < -0.3 is 5.32 Å². The molecule has 0 unspecified atom stereocenters. The summed E-state index contributed by atoms with van der Waals surface area (Å²) >= 11 is 0. The Morgan fingerprint density at radius 2 is 1.57 bits per heavy atom. The third kappa shape index (κ3) is 3.52. The van der Waals surface area contributed by atoms with Crippen molar-refractivity contribution in [3.05, 3.63) is 53.6 Å². The van der Waals surface area contributed by atoms with Crippen LogP contribution in [-0.4, -0.2) is 5.91 Å². The highest BCUT2D eigenvalue weighted by molar-refractivity contribution is 5.96. The Hall–Kier alpha value is -2.09. The number of rotatable bonds is 2. The first-order valence-corrected chi connectivity index (χ1v) is 7.27. The monoisotopic (exact) mass is 281 g/mol. The minimum absolute atomic E-state index is 0.0356. The van der Waals surface area contributed by atoms with Crippen LogP contribution in [0.25, 0.3) is 11.1 Å². The minimum Gasteiger partial charge on any atom is -0.325 e. The summed E-state index contributed by atoms with van der Waals surface area (Å²) in [6, 6.07) is 14.4. The van der Waals surface area contributed by atoms with Gasteiger partial charge in [0.15, 0.2) is 0 Å². The van der Waals surface area contributed by atoms with E-state index in [2.05, 4.69) is 36.5 Å². The van der Waals surface area contributed by atoms with Crippen molar-refractivity contribution in [1.29, 1.82) is 0 Å². The summed E-state index contributed by atoms with van der Waals surface area (Å²) in [4.78, 5) is 12.2. The van der Waals surface area contributed by atoms with E-state index in [9.17, 15) is 4.79 Å². The quantitative estimate of drug-likeness (QED) is 0.828. The van der Waals surface area contributed by atoms with E-state index in [1.807, 2.05) is 45.9 Å². The maximum absolute atomic E-state index is 12.2. The van der Waals surface area contributed by atoms with Gasteiger partial charge in [0.25, 0.3) is 0 Å². The molecule has 0 heterocycles. The van der Waals surface area contributed by atoms with Gasteiger partial charge in [-0.1, -0.05) is 57.2 Å². The lowest BCUT2D eigenvalue weighted by atomic mass is 9.94. The first-order valence-electron chi connectivity index (χ1n) is 7.27. The first-order chi connectivity index (χ1) is 9.79. The molecule has 2 rings (SSSR count). The van der Waals surface area contributed by atoms with E-state index in [1.54, 1.807) is 0 Å². The predicted octanol–water partition coefficient (Wildman–Crippen LogP) is 4.96. The number of amides is 1. The highest BCUT2D eigenvalue weighted by Gasteiger charge is 2.22. The highest BCUT2D eigenvalue weighted by atomic mass is 16.2. The molecule has 2 aromatic rings. The molecule has 110 valence electrons. The average Bonchev–Trinajstić information content (AvgIpc) is 2.41. The Kier molecular flexibility index (Phi) is 4.17. The summed E-state index contributed by atoms with van der Waals surface area (Å²) < 4.78 is 0. The number of benzene rings is 2. The van der Waals surface area contributed by atoms with Gasteiger partial charge >= 0.3 is 0 Å². The second-order valence-corrected chi connectivity index (χ2v) is 6.55.